The van der Waals surface area contributed by atoms with E-state index in [9.17, 15) is 9.50 Å². The van der Waals surface area contributed by atoms with Gasteiger partial charge >= 0.3 is 0 Å². The second kappa shape index (κ2) is 7.72. The van der Waals surface area contributed by atoms with E-state index >= 15 is 0 Å². The van der Waals surface area contributed by atoms with Crippen molar-refractivity contribution in [3.05, 3.63) is 72.2 Å². The van der Waals surface area contributed by atoms with Crippen molar-refractivity contribution in [3.8, 4) is 11.4 Å². The Bertz CT molecular complexity index is 1220. The van der Waals surface area contributed by atoms with Crippen LogP contribution in [0.2, 0.25) is 0 Å². The fourth-order valence-electron chi connectivity index (χ4n) is 4.13. The Morgan fingerprint density at radius 1 is 1.16 bits per heavy atom. The highest BCUT2D eigenvalue weighted by atomic mass is 19.1. The maximum Gasteiger partial charge on any atom is 0.181 e. The monoisotopic (exact) mass is 422 g/mol. The van der Waals surface area contributed by atoms with Crippen molar-refractivity contribution in [2.75, 3.05) is 24.5 Å². The lowest BCUT2D eigenvalue weighted by atomic mass is 9.87. The molecule has 7 nitrogen and oxygen atoms in total. The molecule has 3 aromatic heterocycles. The van der Waals surface area contributed by atoms with Crippen LogP contribution in [0, 0.1) is 5.82 Å². The third-order valence-corrected chi connectivity index (χ3v) is 5.93. The molecule has 2 atom stereocenters. The lowest BCUT2D eigenvalue weighted by Crippen LogP contribution is -2.59. The summed E-state index contributed by atoms with van der Waals surface area (Å²) in [5, 5.41) is 22.4. The molecule has 0 aliphatic carbocycles. The number of halogens is 1. The number of H-pyrrole nitrogens is 1. The second-order valence-electron chi connectivity index (χ2n) is 7.94. The van der Waals surface area contributed by atoms with Gasteiger partial charge in [0, 0.05) is 34.1 Å². The molecule has 4 heterocycles. The summed E-state index contributed by atoms with van der Waals surface area (Å²) in [5.74, 6) is 0.222. The van der Waals surface area contributed by atoms with Gasteiger partial charge in [-0.2, -0.15) is 5.10 Å². The highest BCUT2D eigenvalue weighted by Crippen LogP contribution is 2.30. The van der Waals surface area contributed by atoms with Crippen LogP contribution in [0.15, 0.2) is 60.8 Å². The molecule has 0 bridgehead atoms. The predicted octanol–water partition coefficient (Wildman–Crippen LogP) is 3.34. The van der Waals surface area contributed by atoms with Gasteiger partial charge in [0.25, 0.3) is 0 Å². The molecule has 162 valence electrons. The summed E-state index contributed by atoms with van der Waals surface area (Å²) >= 11 is 0. The van der Waals surface area contributed by atoms with Gasteiger partial charge in [0.1, 0.15) is 17.1 Å². The van der Waals surface area contributed by atoms with Crippen LogP contribution in [-0.4, -0.2) is 50.9 Å². The van der Waals surface area contributed by atoms with Crippen LogP contribution in [0.4, 0.5) is 10.2 Å². The number of aromatic amines is 1. The van der Waals surface area contributed by atoms with Crippen LogP contribution in [-0.2, 0) is 5.60 Å². The van der Waals surface area contributed by atoms with Gasteiger partial charge in [-0.15, -0.1) is 0 Å². The van der Waals surface area contributed by atoms with Crippen molar-refractivity contribution in [1.29, 1.82) is 0 Å². The minimum absolute atomic E-state index is 0. The Balaban J connectivity index is 0.00000153. The van der Waals surface area contributed by atoms with Crippen LogP contribution in [0.5, 0.6) is 0 Å². The third-order valence-electron chi connectivity index (χ3n) is 5.93. The quantitative estimate of drug-likeness (QED) is 0.467. The molecular formula is C23H27FN6O. The molecule has 8 heteroatoms. The van der Waals surface area contributed by atoms with Gasteiger partial charge in [0.2, 0.25) is 0 Å². The zero-order valence-corrected chi connectivity index (χ0v) is 17.1. The summed E-state index contributed by atoms with van der Waals surface area (Å²) in [7, 11) is 0. The number of nitrogens with zero attached hydrogens (tertiary/aromatic N) is 4. The minimum atomic E-state index is -1.06. The van der Waals surface area contributed by atoms with Gasteiger partial charge in [-0.3, -0.25) is 5.10 Å². The summed E-state index contributed by atoms with van der Waals surface area (Å²) in [6.07, 6.45) is 1.65. The first-order valence-corrected chi connectivity index (χ1v) is 10.3. The maximum atomic E-state index is 14.7. The Hall–Kier alpha value is -3.36. The van der Waals surface area contributed by atoms with E-state index < -0.39 is 11.4 Å². The molecule has 1 saturated heterocycles. The van der Waals surface area contributed by atoms with E-state index in [4.69, 9.17) is 0 Å². The smallest absolute Gasteiger partial charge is 0.181 e. The molecule has 1 fully saturated rings. The number of piperazine rings is 1. The lowest BCUT2D eigenvalue weighted by molar-refractivity contribution is 0.0138. The normalized spacial score (nSPS) is 18.8. The van der Waals surface area contributed by atoms with E-state index in [1.54, 1.807) is 18.3 Å². The fraction of sp³-hybridized carbons (Fsp3) is 0.261. The number of fused-ring (bicyclic) bond motifs is 1. The number of benzene rings is 1. The van der Waals surface area contributed by atoms with Gasteiger partial charge in [-0.05, 0) is 36.8 Å². The van der Waals surface area contributed by atoms with E-state index in [1.807, 2.05) is 43.3 Å². The van der Waals surface area contributed by atoms with E-state index in [-0.39, 0.29) is 14.6 Å². The van der Waals surface area contributed by atoms with Gasteiger partial charge in [0.15, 0.2) is 11.5 Å². The van der Waals surface area contributed by atoms with Crippen molar-refractivity contribution < 1.29 is 12.4 Å². The average molecular weight is 423 g/mol. The average Bonchev–Trinajstić information content (AvgIpc) is 3.24. The van der Waals surface area contributed by atoms with Crippen molar-refractivity contribution in [3.63, 3.8) is 0 Å². The second-order valence-corrected chi connectivity index (χ2v) is 7.94. The zero-order valence-electron chi connectivity index (χ0n) is 17.1. The van der Waals surface area contributed by atoms with Gasteiger partial charge in [0.05, 0.1) is 11.7 Å². The summed E-state index contributed by atoms with van der Waals surface area (Å²) in [5.41, 5.74) is 1.01. The number of pyridine rings is 2. The number of hydrogen-bond acceptors (Lipinski definition) is 6. The Morgan fingerprint density at radius 2 is 2.00 bits per heavy atom. The highest BCUT2D eigenvalue weighted by molar-refractivity contribution is 5.89. The number of anilines is 1. The van der Waals surface area contributed by atoms with Crippen LogP contribution < -0.4 is 10.2 Å². The Morgan fingerprint density at radius 3 is 2.84 bits per heavy atom. The molecule has 5 rings (SSSR count). The molecule has 0 spiro atoms. The standard InChI is InChI=1S/C23H23FN6O.2H2/c1-23(31,15-6-3-2-4-7-15)18-14-30(13-12-25-18)19-10-9-17(24)21(27-19)20-16-8-5-11-26-22(16)29-28-20;;/h2-11,18,25,31H,12-14H2,1H3,(H,26,28,29);2*1H/t18-,23-;;/m0../s1. The fourth-order valence-corrected chi connectivity index (χ4v) is 4.13. The molecular weight excluding hydrogens is 395 g/mol. The van der Waals surface area contributed by atoms with E-state index in [0.717, 1.165) is 10.9 Å². The number of rotatable bonds is 4. The molecule has 1 aliphatic heterocycles. The van der Waals surface area contributed by atoms with E-state index in [1.165, 1.54) is 6.07 Å². The SMILES string of the molecule is C[C@](O)(c1ccccc1)[C@@H]1CN(c2ccc(F)c(-c3[nH]nc4ncccc34)n2)CCN1.[HH].[HH]. The zero-order chi connectivity index (χ0) is 21.4. The molecule has 1 aromatic carbocycles. The third kappa shape index (κ3) is 3.54. The summed E-state index contributed by atoms with van der Waals surface area (Å²) in [4.78, 5) is 10.9. The molecule has 4 aromatic rings. The summed E-state index contributed by atoms with van der Waals surface area (Å²) in [6.45, 7) is 3.73. The van der Waals surface area contributed by atoms with Crippen molar-refractivity contribution >= 4 is 16.9 Å². The Kier molecular flexibility index (Phi) is 4.88. The largest absolute Gasteiger partial charge is 0.384 e. The van der Waals surface area contributed by atoms with E-state index in [0.29, 0.717) is 36.8 Å². The first kappa shape index (κ1) is 19.6. The molecule has 3 N–H and O–H groups in total. The molecule has 1 aliphatic rings. The molecule has 31 heavy (non-hydrogen) atoms. The van der Waals surface area contributed by atoms with Crippen LogP contribution >= 0.6 is 0 Å². The van der Waals surface area contributed by atoms with E-state index in [2.05, 4.69) is 30.4 Å². The molecule has 0 amide bonds. The highest BCUT2D eigenvalue weighted by Gasteiger charge is 2.37. The minimum Gasteiger partial charge on any atom is -0.384 e. The van der Waals surface area contributed by atoms with Gasteiger partial charge in [-0.1, -0.05) is 30.3 Å². The Labute approximate surface area is 181 Å². The van der Waals surface area contributed by atoms with Crippen LogP contribution in [0.1, 0.15) is 15.3 Å². The lowest BCUT2D eigenvalue weighted by Gasteiger charge is -2.42. The number of hydrogen-bond donors (Lipinski definition) is 3. The number of nitrogens with one attached hydrogen (secondary N) is 2. The van der Waals surface area contributed by atoms with Crippen molar-refractivity contribution in [2.45, 2.75) is 18.6 Å². The first-order valence-electron chi connectivity index (χ1n) is 10.3. The number of aromatic nitrogens is 4. The number of aliphatic hydroxyl groups is 1. The summed E-state index contributed by atoms with van der Waals surface area (Å²) < 4.78 is 14.7. The molecule has 0 saturated carbocycles. The van der Waals surface area contributed by atoms with Crippen molar-refractivity contribution in [1.82, 2.24) is 25.5 Å². The molecule has 0 unspecified atom stereocenters. The van der Waals surface area contributed by atoms with Gasteiger partial charge in [-0.25, -0.2) is 14.4 Å². The topological polar surface area (TPSA) is 90.0 Å². The summed E-state index contributed by atoms with van der Waals surface area (Å²) in [6, 6.07) is 16.1. The van der Waals surface area contributed by atoms with Crippen molar-refractivity contribution in [2.24, 2.45) is 0 Å². The van der Waals surface area contributed by atoms with Gasteiger partial charge < -0.3 is 15.3 Å². The maximum absolute atomic E-state index is 14.7. The first-order chi connectivity index (χ1) is 15.0. The van der Waals surface area contributed by atoms with Crippen LogP contribution in [0.25, 0.3) is 22.4 Å². The molecule has 0 radical (unpaired) electrons. The predicted molar refractivity (Wildman–Crippen MR) is 121 cm³/mol. The van der Waals surface area contributed by atoms with Crippen LogP contribution in [0.3, 0.4) is 0 Å².